The molecule has 300 valence electrons. The number of amides is 1. The number of allylic oxidation sites excluding steroid dienone is 1. The van der Waals surface area contributed by atoms with Gasteiger partial charge in [-0.15, -0.1) is 0 Å². The Balaban J connectivity index is 1.09. The van der Waals surface area contributed by atoms with Gasteiger partial charge < -0.3 is 19.3 Å². The van der Waals surface area contributed by atoms with Crippen LogP contribution in [0, 0.1) is 5.92 Å². The highest BCUT2D eigenvalue weighted by Gasteiger charge is 2.45. The molecular formula is C45H46F3N7O3. The molecule has 0 unspecified atom stereocenters. The van der Waals surface area contributed by atoms with Crippen molar-refractivity contribution in [2.75, 3.05) is 62.4 Å². The van der Waals surface area contributed by atoms with Gasteiger partial charge in [0.25, 0.3) is 5.91 Å². The monoisotopic (exact) mass is 789 g/mol. The molecule has 9 rings (SSSR count). The number of fused-ring (bicyclic) bond motifs is 2. The Hall–Kier alpha value is -5.53. The molecule has 0 radical (unpaired) electrons. The van der Waals surface area contributed by atoms with E-state index in [0.717, 1.165) is 95.4 Å². The number of hydrogen-bond acceptors (Lipinski definition) is 8. The summed E-state index contributed by atoms with van der Waals surface area (Å²) in [4.78, 5) is 23.9. The predicted octanol–water partition coefficient (Wildman–Crippen LogP) is 8.65. The maximum absolute atomic E-state index is 14.7. The van der Waals surface area contributed by atoms with Crippen molar-refractivity contribution in [3.63, 3.8) is 0 Å². The minimum atomic E-state index is -4.76. The molecule has 0 spiro atoms. The molecule has 2 aromatic heterocycles. The average Bonchev–Trinajstić information content (AvgIpc) is 3.87. The largest absolute Gasteiger partial charge is 0.433 e. The molecule has 3 aromatic carbocycles. The Labute approximate surface area is 335 Å². The summed E-state index contributed by atoms with van der Waals surface area (Å²) in [7, 11) is 0. The standard InChI is InChI=1S/C45H46F3N7O3/c1-29(2)31-8-10-32(11-9-31)38-27-40(45(46,47)48)54-41(49-38)28-39(50-54)44(56)55-43(33-12-16-36(17-13-33)53-20-24-58-25-21-53)37-5-3-4-34(42(37)51-55)26-30-6-14-35(15-7-30)52-18-22-57-23-19-52/h6-17,26-29,37,43H,3-5,18-25H2,1-2H3/b34-26-/t37-,43+/m0/s1. The third-order valence-corrected chi connectivity index (χ3v) is 11.7. The fraction of sp³-hybridized carbons (Fsp3) is 0.378. The molecule has 2 saturated heterocycles. The van der Waals surface area contributed by atoms with E-state index in [9.17, 15) is 18.0 Å². The summed E-state index contributed by atoms with van der Waals surface area (Å²) in [6.07, 6.45) is -0.108. The van der Waals surface area contributed by atoms with E-state index in [1.165, 1.54) is 11.1 Å². The third kappa shape index (κ3) is 7.48. The lowest BCUT2D eigenvalue weighted by Crippen LogP contribution is -2.36. The van der Waals surface area contributed by atoms with Crippen LogP contribution in [0.3, 0.4) is 0 Å². The van der Waals surface area contributed by atoms with Gasteiger partial charge in [0.05, 0.1) is 43.9 Å². The van der Waals surface area contributed by atoms with Crippen LogP contribution in [0.25, 0.3) is 23.0 Å². The highest BCUT2D eigenvalue weighted by Crippen LogP contribution is 2.45. The second-order valence-corrected chi connectivity index (χ2v) is 15.7. The second-order valence-electron chi connectivity index (χ2n) is 15.7. The van der Waals surface area contributed by atoms with E-state index in [2.05, 4.69) is 76.2 Å². The topological polar surface area (TPSA) is 87.8 Å². The maximum Gasteiger partial charge on any atom is 0.433 e. The number of morpholine rings is 2. The van der Waals surface area contributed by atoms with Gasteiger partial charge >= 0.3 is 6.18 Å². The van der Waals surface area contributed by atoms with Gasteiger partial charge in [0.2, 0.25) is 0 Å². The van der Waals surface area contributed by atoms with Crippen molar-refractivity contribution in [2.45, 2.75) is 51.2 Å². The Kier molecular flexibility index (Phi) is 10.3. The van der Waals surface area contributed by atoms with Crippen molar-refractivity contribution in [3.8, 4) is 11.3 Å². The molecule has 3 aliphatic heterocycles. The van der Waals surface area contributed by atoms with Gasteiger partial charge in [0, 0.05) is 55.1 Å². The number of hydrogen-bond donors (Lipinski definition) is 0. The molecular weight excluding hydrogens is 744 g/mol. The fourth-order valence-electron chi connectivity index (χ4n) is 8.59. The molecule has 5 aromatic rings. The van der Waals surface area contributed by atoms with Crippen molar-refractivity contribution in [1.82, 2.24) is 19.6 Å². The van der Waals surface area contributed by atoms with E-state index in [4.69, 9.17) is 14.6 Å². The number of carbonyl (C=O) groups excluding carboxylic acids is 1. The highest BCUT2D eigenvalue weighted by atomic mass is 19.4. The van der Waals surface area contributed by atoms with Crippen molar-refractivity contribution in [3.05, 3.63) is 119 Å². The molecule has 3 fully saturated rings. The van der Waals surface area contributed by atoms with Gasteiger partial charge in [-0.1, -0.05) is 62.4 Å². The van der Waals surface area contributed by atoms with Crippen molar-refractivity contribution >= 4 is 34.7 Å². The van der Waals surface area contributed by atoms with Crippen LogP contribution in [0.1, 0.15) is 77.9 Å². The molecule has 4 aliphatic rings. The number of hydrazone groups is 1. The van der Waals surface area contributed by atoms with Gasteiger partial charge in [0.1, 0.15) is 0 Å². The lowest BCUT2D eigenvalue weighted by atomic mass is 9.77. The van der Waals surface area contributed by atoms with E-state index in [0.29, 0.717) is 32.0 Å². The first-order valence-electron chi connectivity index (χ1n) is 20.2. The number of rotatable bonds is 7. The number of anilines is 2. The molecule has 10 nitrogen and oxygen atoms in total. The van der Waals surface area contributed by atoms with Gasteiger partial charge in [-0.05, 0) is 83.9 Å². The number of nitrogens with zero attached hydrogens (tertiary/aromatic N) is 7. The molecule has 1 saturated carbocycles. The van der Waals surface area contributed by atoms with E-state index in [-0.39, 0.29) is 28.9 Å². The van der Waals surface area contributed by atoms with Crippen molar-refractivity contribution in [1.29, 1.82) is 0 Å². The van der Waals surface area contributed by atoms with E-state index in [1.807, 2.05) is 24.3 Å². The SMILES string of the molecule is CC(C)c1ccc(-c2cc(C(F)(F)F)n3nc(C(=O)N4N=C5/C(=C\c6ccc(N7CCOCC7)cc6)CCC[C@@H]5[C@H]4c4ccc(N5CCOCC5)cc4)cc3n2)cc1. The lowest BCUT2D eigenvalue weighted by Gasteiger charge is -2.31. The van der Waals surface area contributed by atoms with Gasteiger partial charge in [0.15, 0.2) is 17.0 Å². The zero-order valence-corrected chi connectivity index (χ0v) is 32.7. The molecule has 0 N–H and O–H groups in total. The molecule has 1 amide bonds. The van der Waals surface area contributed by atoms with Crippen LogP contribution in [0.4, 0.5) is 24.5 Å². The zero-order valence-electron chi connectivity index (χ0n) is 32.7. The molecule has 13 heteroatoms. The summed E-state index contributed by atoms with van der Waals surface area (Å²) < 4.78 is 55.8. The Morgan fingerprint density at radius 3 is 2.05 bits per heavy atom. The number of ether oxygens (including phenoxy) is 2. The number of halogens is 3. The van der Waals surface area contributed by atoms with Crippen molar-refractivity contribution < 1.29 is 27.4 Å². The molecule has 5 heterocycles. The minimum absolute atomic E-state index is 0.0714. The lowest BCUT2D eigenvalue weighted by molar-refractivity contribution is -0.142. The van der Waals surface area contributed by atoms with Gasteiger partial charge in [-0.3, -0.25) is 4.79 Å². The Bertz CT molecular complexity index is 2340. The van der Waals surface area contributed by atoms with Gasteiger partial charge in [-0.2, -0.15) is 23.4 Å². The van der Waals surface area contributed by atoms with Crippen LogP contribution in [-0.2, 0) is 15.7 Å². The molecule has 58 heavy (non-hydrogen) atoms. The summed E-state index contributed by atoms with van der Waals surface area (Å²) >= 11 is 0. The Morgan fingerprint density at radius 1 is 0.828 bits per heavy atom. The first kappa shape index (κ1) is 38.0. The quantitative estimate of drug-likeness (QED) is 0.163. The summed E-state index contributed by atoms with van der Waals surface area (Å²) in [5, 5.41) is 10.8. The van der Waals surface area contributed by atoms with E-state index < -0.39 is 23.8 Å². The summed E-state index contributed by atoms with van der Waals surface area (Å²) in [5.41, 5.74) is 6.52. The van der Waals surface area contributed by atoms with Crippen LogP contribution in [0.15, 0.2) is 95.6 Å². The molecule has 0 bridgehead atoms. The van der Waals surface area contributed by atoms with Crippen molar-refractivity contribution in [2.24, 2.45) is 11.0 Å². The van der Waals surface area contributed by atoms with Crippen LogP contribution >= 0.6 is 0 Å². The normalized spacial score (nSPS) is 20.9. The number of aromatic nitrogens is 3. The van der Waals surface area contributed by atoms with Crippen LogP contribution in [0.5, 0.6) is 0 Å². The first-order valence-corrected chi connectivity index (χ1v) is 20.2. The first-order chi connectivity index (χ1) is 28.1. The summed E-state index contributed by atoms with van der Waals surface area (Å²) in [5.74, 6) is -0.436. The smallest absolute Gasteiger partial charge is 0.378 e. The molecule has 1 aliphatic carbocycles. The number of carbonyl (C=O) groups is 1. The molecule has 2 atom stereocenters. The van der Waals surface area contributed by atoms with Gasteiger partial charge in [-0.25, -0.2) is 14.5 Å². The maximum atomic E-state index is 14.7. The third-order valence-electron chi connectivity index (χ3n) is 11.7. The van der Waals surface area contributed by atoms with E-state index >= 15 is 0 Å². The number of benzene rings is 3. The number of alkyl halides is 3. The summed E-state index contributed by atoms with van der Waals surface area (Å²) in [6, 6.07) is 25.9. The second kappa shape index (κ2) is 15.7. The highest BCUT2D eigenvalue weighted by molar-refractivity contribution is 6.09. The van der Waals surface area contributed by atoms with Crippen LogP contribution in [-0.4, -0.2) is 83.8 Å². The zero-order chi connectivity index (χ0) is 40.0. The average molecular weight is 790 g/mol. The minimum Gasteiger partial charge on any atom is -0.378 e. The fourth-order valence-corrected chi connectivity index (χ4v) is 8.59. The van der Waals surface area contributed by atoms with Crippen LogP contribution in [0.2, 0.25) is 0 Å². The predicted molar refractivity (Wildman–Crippen MR) is 218 cm³/mol. The van der Waals surface area contributed by atoms with E-state index in [1.54, 1.807) is 12.1 Å². The summed E-state index contributed by atoms with van der Waals surface area (Å²) in [6.45, 7) is 10.1. The Morgan fingerprint density at radius 2 is 1.45 bits per heavy atom. The van der Waals surface area contributed by atoms with Crippen LogP contribution < -0.4 is 9.80 Å².